The topological polar surface area (TPSA) is 86.6 Å². The molecule has 1 heterocycles. The number of morpholine rings is 1. The zero-order valence-electron chi connectivity index (χ0n) is 15.2. The molecule has 2 rings (SSSR count). The lowest BCUT2D eigenvalue weighted by molar-refractivity contribution is -0.117. The number of benzene rings is 1. The van der Waals surface area contributed by atoms with Crippen molar-refractivity contribution < 1.29 is 14.3 Å². The SMILES string of the molecule is CCOCCCNC(=O)/C(C#N)=C\Nc1ccccc1N1CCOCC1. The molecule has 140 valence electrons. The highest BCUT2D eigenvalue weighted by Crippen LogP contribution is 2.26. The molecule has 0 bridgehead atoms. The number of hydrogen-bond acceptors (Lipinski definition) is 6. The zero-order valence-corrected chi connectivity index (χ0v) is 15.2. The molecule has 26 heavy (non-hydrogen) atoms. The summed E-state index contributed by atoms with van der Waals surface area (Å²) in [6.45, 7) is 6.66. The first-order valence-electron chi connectivity index (χ1n) is 8.90. The molecule has 0 aromatic heterocycles. The summed E-state index contributed by atoms with van der Waals surface area (Å²) in [4.78, 5) is 14.3. The fourth-order valence-corrected chi connectivity index (χ4v) is 2.59. The second-order valence-corrected chi connectivity index (χ2v) is 5.74. The summed E-state index contributed by atoms with van der Waals surface area (Å²) in [5, 5.41) is 15.1. The summed E-state index contributed by atoms with van der Waals surface area (Å²) in [5.74, 6) is -0.389. The van der Waals surface area contributed by atoms with Crippen molar-refractivity contribution in [2.24, 2.45) is 0 Å². The van der Waals surface area contributed by atoms with Crippen LogP contribution in [-0.2, 0) is 14.3 Å². The average Bonchev–Trinajstić information content (AvgIpc) is 2.69. The van der Waals surface area contributed by atoms with Crippen molar-refractivity contribution in [3.05, 3.63) is 36.0 Å². The molecule has 0 saturated carbocycles. The first-order valence-corrected chi connectivity index (χ1v) is 8.90. The van der Waals surface area contributed by atoms with Gasteiger partial charge in [-0.3, -0.25) is 4.79 Å². The molecular weight excluding hydrogens is 332 g/mol. The Bertz CT molecular complexity index is 648. The van der Waals surface area contributed by atoms with Crippen LogP contribution in [0.1, 0.15) is 13.3 Å². The van der Waals surface area contributed by atoms with Gasteiger partial charge in [0.15, 0.2) is 0 Å². The second-order valence-electron chi connectivity index (χ2n) is 5.74. The quantitative estimate of drug-likeness (QED) is 0.398. The Balaban J connectivity index is 1.96. The number of amides is 1. The number of anilines is 2. The summed E-state index contributed by atoms with van der Waals surface area (Å²) in [6.07, 6.45) is 2.17. The lowest BCUT2D eigenvalue weighted by atomic mass is 10.2. The average molecular weight is 358 g/mol. The van der Waals surface area contributed by atoms with E-state index in [0.29, 0.717) is 39.4 Å². The van der Waals surface area contributed by atoms with E-state index in [2.05, 4.69) is 15.5 Å². The largest absolute Gasteiger partial charge is 0.382 e. The van der Waals surface area contributed by atoms with E-state index in [-0.39, 0.29) is 11.5 Å². The summed E-state index contributed by atoms with van der Waals surface area (Å²) in [5.41, 5.74) is 1.92. The maximum absolute atomic E-state index is 12.1. The van der Waals surface area contributed by atoms with Gasteiger partial charge in [-0.05, 0) is 25.5 Å². The Morgan fingerprint density at radius 2 is 2.15 bits per heavy atom. The first-order chi connectivity index (χ1) is 12.8. The highest BCUT2D eigenvalue weighted by Gasteiger charge is 2.14. The minimum atomic E-state index is -0.389. The lowest BCUT2D eigenvalue weighted by Gasteiger charge is -2.30. The van der Waals surface area contributed by atoms with Crippen LogP contribution in [0.3, 0.4) is 0 Å². The highest BCUT2D eigenvalue weighted by molar-refractivity contribution is 5.97. The first kappa shape index (κ1) is 19.8. The Morgan fingerprint density at radius 1 is 1.38 bits per heavy atom. The van der Waals surface area contributed by atoms with E-state index >= 15 is 0 Å². The predicted molar refractivity (Wildman–Crippen MR) is 101 cm³/mol. The fourth-order valence-electron chi connectivity index (χ4n) is 2.59. The molecule has 1 fully saturated rings. The molecule has 0 atom stereocenters. The van der Waals surface area contributed by atoms with Gasteiger partial charge in [0.25, 0.3) is 5.91 Å². The van der Waals surface area contributed by atoms with E-state index in [1.807, 2.05) is 37.3 Å². The van der Waals surface area contributed by atoms with Crippen LogP contribution in [0, 0.1) is 11.3 Å². The third-order valence-corrected chi connectivity index (χ3v) is 3.95. The van der Waals surface area contributed by atoms with Crippen LogP contribution in [0.15, 0.2) is 36.0 Å². The summed E-state index contributed by atoms with van der Waals surface area (Å²) >= 11 is 0. The van der Waals surface area contributed by atoms with Gasteiger partial charge < -0.3 is 25.0 Å². The second kappa shape index (κ2) is 11.1. The summed E-state index contributed by atoms with van der Waals surface area (Å²) in [6, 6.07) is 9.77. The highest BCUT2D eigenvalue weighted by atomic mass is 16.5. The fraction of sp³-hybridized carbons (Fsp3) is 0.474. The van der Waals surface area contributed by atoms with E-state index < -0.39 is 0 Å². The van der Waals surface area contributed by atoms with Gasteiger partial charge in [0.05, 0.1) is 24.6 Å². The number of carbonyl (C=O) groups is 1. The van der Waals surface area contributed by atoms with Gasteiger partial charge in [-0.25, -0.2) is 0 Å². The van der Waals surface area contributed by atoms with Crippen LogP contribution in [-0.4, -0.2) is 52.0 Å². The molecule has 7 nitrogen and oxygen atoms in total. The number of hydrogen-bond donors (Lipinski definition) is 2. The third-order valence-electron chi connectivity index (χ3n) is 3.95. The molecular formula is C19H26N4O3. The Kier molecular flexibility index (Phi) is 8.46. The minimum absolute atomic E-state index is 0.0400. The molecule has 1 amide bonds. The smallest absolute Gasteiger partial charge is 0.263 e. The number of ether oxygens (including phenoxy) is 2. The van der Waals surface area contributed by atoms with E-state index in [1.54, 1.807) is 0 Å². The van der Waals surface area contributed by atoms with Crippen LogP contribution in [0.5, 0.6) is 0 Å². The number of carbonyl (C=O) groups excluding carboxylic acids is 1. The van der Waals surface area contributed by atoms with Crippen LogP contribution in [0.2, 0.25) is 0 Å². The van der Waals surface area contributed by atoms with Gasteiger partial charge >= 0.3 is 0 Å². The standard InChI is InChI=1S/C19H26N4O3/c1-2-25-11-5-8-21-19(24)16(14-20)15-22-17-6-3-4-7-18(17)23-9-12-26-13-10-23/h3-4,6-7,15,22H,2,5,8-13H2,1H3,(H,21,24)/b16-15-. The van der Waals surface area contributed by atoms with Crippen molar-refractivity contribution in [3.63, 3.8) is 0 Å². The Labute approximate surface area is 154 Å². The maximum atomic E-state index is 12.1. The third kappa shape index (κ3) is 6.06. The predicted octanol–water partition coefficient (Wildman–Crippen LogP) is 1.89. The van der Waals surface area contributed by atoms with Crippen molar-refractivity contribution in [1.82, 2.24) is 5.32 Å². The Hall–Kier alpha value is -2.56. The molecule has 1 aromatic rings. The Morgan fingerprint density at radius 3 is 2.88 bits per heavy atom. The van der Waals surface area contributed by atoms with Crippen molar-refractivity contribution in [2.75, 3.05) is 56.3 Å². The number of rotatable bonds is 9. The molecule has 1 aliphatic rings. The molecule has 1 saturated heterocycles. The molecule has 7 heteroatoms. The number of para-hydroxylation sites is 2. The van der Waals surface area contributed by atoms with E-state index in [4.69, 9.17) is 9.47 Å². The normalized spacial score (nSPS) is 14.6. The van der Waals surface area contributed by atoms with E-state index in [9.17, 15) is 10.1 Å². The maximum Gasteiger partial charge on any atom is 0.263 e. The molecule has 0 aliphatic carbocycles. The number of nitriles is 1. The van der Waals surface area contributed by atoms with E-state index in [0.717, 1.165) is 24.5 Å². The van der Waals surface area contributed by atoms with Crippen molar-refractivity contribution in [3.8, 4) is 6.07 Å². The van der Waals surface area contributed by atoms with Crippen LogP contribution < -0.4 is 15.5 Å². The molecule has 1 aromatic carbocycles. The molecule has 2 N–H and O–H groups in total. The van der Waals surface area contributed by atoms with Gasteiger partial charge in [0, 0.05) is 39.0 Å². The van der Waals surface area contributed by atoms with Crippen molar-refractivity contribution in [1.29, 1.82) is 5.26 Å². The zero-order chi connectivity index (χ0) is 18.6. The number of nitrogens with one attached hydrogen (secondary N) is 2. The summed E-state index contributed by atoms with van der Waals surface area (Å²) in [7, 11) is 0. The molecule has 0 radical (unpaired) electrons. The van der Waals surface area contributed by atoms with Gasteiger partial charge in [-0.15, -0.1) is 0 Å². The molecule has 1 aliphatic heterocycles. The van der Waals surface area contributed by atoms with Gasteiger partial charge in [-0.1, -0.05) is 12.1 Å². The summed E-state index contributed by atoms with van der Waals surface area (Å²) < 4.78 is 10.6. The molecule has 0 unspecified atom stereocenters. The van der Waals surface area contributed by atoms with Crippen molar-refractivity contribution in [2.45, 2.75) is 13.3 Å². The van der Waals surface area contributed by atoms with Gasteiger partial charge in [-0.2, -0.15) is 5.26 Å². The van der Waals surface area contributed by atoms with Gasteiger partial charge in [0.2, 0.25) is 0 Å². The van der Waals surface area contributed by atoms with Crippen LogP contribution >= 0.6 is 0 Å². The lowest BCUT2D eigenvalue weighted by Crippen LogP contribution is -2.36. The minimum Gasteiger partial charge on any atom is -0.382 e. The molecule has 0 spiro atoms. The van der Waals surface area contributed by atoms with E-state index in [1.165, 1.54) is 6.20 Å². The van der Waals surface area contributed by atoms with Crippen LogP contribution in [0.4, 0.5) is 11.4 Å². The van der Waals surface area contributed by atoms with Crippen molar-refractivity contribution >= 4 is 17.3 Å². The number of nitrogens with zero attached hydrogens (tertiary/aromatic N) is 2. The monoisotopic (exact) mass is 358 g/mol. The van der Waals surface area contributed by atoms with Crippen LogP contribution in [0.25, 0.3) is 0 Å². The van der Waals surface area contributed by atoms with Gasteiger partial charge in [0.1, 0.15) is 11.6 Å².